The molecule has 0 saturated carbocycles. The Labute approximate surface area is 162 Å². The summed E-state index contributed by atoms with van der Waals surface area (Å²) in [4.78, 5) is 23.4. The molecule has 142 valence electrons. The summed E-state index contributed by atoms with van der Waals surface area (Å²) < 4.78 is 27.2. The highest BCUT2D eigenvalue weighted by Crippen LogP contribution is 2.25. The lowest BCUT2D eigenvalue weighted by atomic mass is 10.0. The summed E-state index contributed by atoms with van der Waals surface area (Å²) in [6, 6.07) is 11.2. The van der Waals surface area contributed by atoms with Gasteiger partial charge in [-0.3, -0.25) is 9.59 Å². The lowest BCUT2D eigenvalue weighted by Gasteiger charge is -2.17. The molecule has 1 aliphatic rings. The number of carbonyl (C=O) groups excluding carboxylic acids is 2. The molecule has 7 nitrogen and oxygen atoms in total. The highest BCUT2D eigenvalue weighted by Gasteiger charge is 2.20. The Morgan fingerprint density at radius 3 is 2.59 bits per heavy atom. The van der Waals surface area contributed by atoms with E-state index in [9.17, 15) is 18.0 Å². The standard InChI is InChI=1S/C18H18ClN3O4S/c19-13-2-4-14(5-3-13)21-18(24)9-10-20-27(25,26)15-6-7-16-12(11-15)1-8-17(23)22-16/h2-7,11,20H,1,8-10H2,(H,21,24)(H,22,23). The smallest absolute Gasteiger partial charge is 0.240 e. The Morgan fingerprint density at radius 2 is 1.85 bits per heavy atom. The number of sulfonamides is 1. The number of nitrogens with one attached hydrogen (secondary N) is 3. The van der Waals surface area contributed by atoms with Gasteiger partial charge in [0.2, 0.25) is 21.8 Å². The van der Waals surface area contributed by atoms with Gasteiger partial charge >= 0.3 is 0 Å². The van der Waals surface area contributed by atoms with Gasteiger partial charge in [0.25, 0.3) is 0 Å². The summed E-state index contributed by atoms with van der Waals surface area (Å²) >= 11 is 5.78. The number of benzene rings is 2. The van der Waals surface area contributed by atoms with Crippen LogP contribution in [0, 0.1) is 0 Å². The molecule has 1 heterocycles. The first-order chi connectivity index (χ1) is 12.8. The molecule has 3 N–H and O–H groups in total. The molecule has 0 bridgehead atoms. The molecule has 0 atom stereocenters. The summed E-state index contributed by atoms with van der Waals surface area (Å²) in [5, 5.41) is 5.94. The number of anilines is 2. The molecule has 0 radical (unpaired) electrons. The number of fused-ring (bicyclic) bond motifs is 1. The van der Waals surface area contributed by atoms with Crippen molar-refractivity contribution >= 4 is 44.8 Å². The maximum absolute atomic E-state index is 12.4. The second kappa shape index (κ2) is 8.08. The van der Waals surface area contributed by atoms with Crippen molar-refractivity contribution in [3.63, 3.8) is 0 Å². The molecular formula is C18H18ClN3O4S. The maximum atomic E-state index is 12.4. The molecule has 9 heteroatoms. The van der Waals surface area contributed by atoms with Gasteiger partial charge in [0.05, 0.1) is 4.90 Å². The number of hydrogen-bond acceptors (Lipinski definition) is 4. The van der Waals surface area contributed by atoms with Crippen LogP contribution in [0.1, 0.15) is 18.4 Å². The second-order valence-electron chi connectivity index (χ2n) is 6.07. The van der Waals surface area contributed by atoms with Gasteiger partial charge in [-0.1, -0.05) is 11.6 Å². The Hall–Kier alpha value is -2.42. The minimum absolute atomic E-state index is 0.0111. The molecule has 2 amide bonds. The molecule has 2 aromatic carbocycles. The maximum Gasteiger partial charge on any atom is 0.240 e. The molecule has 2 aromatic rings. The lowest BCUT2D eigenvalue weighted by molar-refractivity contribution is -0.117. The lowest BCUT2D eigenvalue weighted by Crippen LogP contribution is -2.28. The molecule has 0 aliphatic carbocycles. The monoisotopic (exact) mass is 407 g/mol. The van der Waals surface area contributed by atoms with Crippen LogP contribution in [0.4, 0.5) is 11.4 Å². The summed E-state index contributed by atoms with van der Waals surface area (Å²) in [6.45, 7) is -0.0322. The fraction of sp³-hybridized carbons (Fsp3) is 0.222. The van der Waals surface area contributed by atoms with Crippen molar-refractivity contribution in [2.75, 3.05) is 17.2 Å². The fourth-order valence-corrected chi connectivity index (χ4v) is 3.87. The van der Waals surface area contributed by atoms with E-state index in [4.69, 9.17) is 11.6 Å². The first-order valence-corrected chi connectivity index (χ1v) is 10.2. The molecule has 0 aromatic heterocycles. The third-order valence-corrected chi connectivity index (χ3v) is 5.77. The number of carbonyl (C=O) groups is 2. The zero-order chi connectivity index (χ0) is 19.4. The van der Waals surface area contributed by atoms with E-state index in [1.54, 1.807) is 36.4 Å². The Bertz CT molecular complexity index is 975. The average Bonchev–Trinajstić information content (AvgIpc) is 2.63. The first kappa shape index (κ1) is 19.3. The first-order valence-electron chi connectivity index (χ1n) is 8.31. The molecular weight excluding hydrogens is 390 g/mol. The van der Waals surface area contributed by atoms with Crippen LogP contribution in [-0.4, -0.2) is 26.8 Å². The van der Waals surface area contributed by atoms with Crippen molar-refractivity contribution in [2.24, 2.45) is 0 Å². The van der Waals surface area contributed by atoms with Gasteiger partial charge < -0.3 is 10.6 Å². The summed E-state index contributed by atoms with van der Waals surface area (Å²) in [5.41, 5.74) is 1.99. The van der Waals surface area contributed by atoms with Crippen molar-refractivity contribution in [1.82, 2.24) is 4.72 Å². The predicted molar refractivity (Wildman–Crippen MR) is 103 cm³/mol. The Morgan fingerprint density at radius 1 is 1.11 bits per heavy atom. The van der Waals surface area contributed by atoms with Gasteiger partial charge in [-0.15, -0.1) is 0 Å². The van der Waals surface area contributed by atoms with Crippen molar-refractivity contribution in [3.8, 4) is 0 Å². The topological polar surface area (TPSA) is 104 Å². The zero-order valence-corrected chi connectivity index (χ0v) is 15.9. The van der Waals surface area contributed by atoms with E-state index >= 15 is 0 Å². The van der Waals surface area contributed by atoms with Crippen LogP contribution in [0.3, 0.4) is 0 Å². The highest BCUT2D eigenvalue weighted by molar-refractivity contribution is 7.89. The van der Waals surface area contributed by atoms with Crippen LogP contribution in [0.25, 0.3) is 0 Å². The quantitative estimate of drug-likeness (QED) is 0.684. The zero-order valence-electron chi connectivity index (χ0n) is 14.3. The van der Waals surface area contributed by atoms with E-state index in [2.05, 4.69) is 15.4 Å². The molecule has 0 fully saturated rings. The third-order valence-electron chi connectivity index (χ3n) is 4.05. The predicted octanol–water partition coefficient (Wildman–Crippen LogP) is 2.53. The van der Waals surface area contributed by atoms with E-state index in [0.717, 1.165) is 5.56 Å². The SMILES string of the molecule is O=C(CCNS(=O)(=O)c1ccc2c(c1)CCC(=O)N2)Nc1ccc(Cl)cc1. The van der Waals surface area contributed by atoms with Crippen molar-refractivity contribution < 1.29 is 18.0 Å². The Balaban J connectivity index is 1.56. The van der Waals surface area contributed by atoms with Crippen LogP contribution in [0.2, 0.25) is 5.02 Å². The van der Waals surface area contributed by atoms with E-state index < -0.39 is 10.0 Å². The fourth-order valence-electron chi connectivity index (χ4n) is 2.67. The summed E-state index contributed by atoms with van der Waals surface area (Å²) in [7, 11) is -3.74. The van der Waals surface area contributed by atoms with Gasteiger partial charge in [0.15, 0.2) is 0 Å². The second-order valence-corrected chi connectivity index (χ2v) is 8.27. The van der Waals surface area contributed by atoms with Crippen LogP contribution >= 0.6 is 11.6 Å². The number of aryl methyl sites for hydroxylation is 1. The Kier molecular flexibility index (Phi) is 5.79. The van der Waals surface area contributed by atoms with Gasteiger partial charge in [0.1, 0.15) is 0 Å². The average molecular weight is 408 g/mol. The van der Waals surface area contributed by atoms with Crippen LogP contribution < -0.4 is 15.4 Å². The van der Waals surface area contributed by atoms with Gasteiger partial charge in [-0.25, -0.2) is 13.1 Å². The van der Waals surface area contributed by atoms with Crippen LogP contribution in [0.15, 0.2) is 47.4 Å². The highest BCUT2D eigenvalue weighted by atomic mass is 35.5. The molecule has 0 unspecified atom stereocenters. The van der Waals surface area contributed by atoms with Gasteiger partial charge in [-0.05, 0) is 54.4 Å². The van der Waals surface area contributed by atoms with Crippen LogP contribution in [-0.2, 0) is 26.0 Å². The minimum Gasteiger partial charge on any atom is -0.326 e. The van der Waals surface area contributed by atoms with Gasteiger partial charge in [0, 0.05) is 35.8 Å². The van der Waals surface area contributed by atoms with Crippen molar-refractivity contribution in [2.45, 2.75) is 24.2 Å². The summed E-state index contributed by atoms with van der Waals surface area (Å²) in [6.07, 6.45) is 0.811. The molecule has 27 heavy (non-hydrogen) atoms. The molecule has 3 rings (SSSR count). The van der Waals surface area contributed by atoms with E-state index in [1.165, 1.54) is 6.07 Å². The third kappa shape index (κ3) is 5.06. The number of rotatable bonds is 6. The normalized spacial score (nSPS) is 13.6. The van der Waals surface area contributed by atoms with E-state index in [0.29, 0.717) is 29.2 Å². The minimum atomic E-state index is -3.74. The molecule has 0 spiro atoms. The van der Waals surface area contributed by atoms with Crippen molar-refractivity contribution in [3.05, 3.63) is 53.1 Å². The van der Waals surface area contributed by atoms with Crippen LogP contribution in [0.5, 0.6) is 0 Å². The number of halogens is 1. The summed E-state index contributed by atoms with van der Waals surface area (Å²) in [5.74, 6) is -0.392. The largest absolute Gasteiger partial charge is 0.326 e. The number of amides is 2. The van der Waals surface area contributed by atoms with Crippen molar-refractivity contribution in [1.29, 1.82) is 0 Å². The number of hydrogen-bond donors (Lipinski definition) is 3. The van der Waals surface area contributed by atoms with E-state index in [-0.39, 0.29) is 29.7 Å². The molecule has 0 saturated heterocycles. The van der Waals surface area contributed by atoms with Gasteiger partial charge in [-0.2, -0.15) is 0 Å². The molecule has 1 aliphatic heterocycles. The van der Waals surface area contributed by atoms with E-state index in [1.807, 2.05) is 0 Å².